The summed E-state index contributed by atoms with van der Waals surface area (Å²) >= 11 is 0. The maximum absolute atomic E-state index is 4.51. The predicted octanol–water partition coefficient (Wildman–Crippen LogP) is 2.12. The van der Waals surface area contributed by atoms with Crippen molar-refractivity contribution in [2.45, 2.75) is 33.4 Å². The molecule has 0 saturated heterocycles. The van der Waals surface area contributed by atoms with Gasteiger partial charge in [0.15, 0.2) is 5.82 Å². The molecule has 0 aliphatic carbocycles. The molecule has 17 heavy (non-hydrogen) atoms. The van der Waals surface area contributed by atoms with Crippen LogP contribution in [0.2, 0.25) is 0 Å². The number of hydrogen-bond donors (Lipinski definition) is 1. The number of nitrogens with zero attached hydrogens (tertiary/aromatic N) is 4. The second-order valence-corrected chi connectivity index (χ2v) is 4.61. The van der Waals surface area contributed by atoms with Gasteiger partial charge in [-0.3, -0.25) is 9.36 Å². The van der Waals surface area contributed by atoms with Gasteiger partial charge in [0.25, 0.3) is 0 Å². The number of nitrogens with one attached hydrogen (secondary N) is 1. The van der Waals surface area contributed by atoms with E-state index in [0.717, 1.165) is 17.9 Å². The monoisotopic (exact) mass is 233 g/mol. The molecule has 5 nitrogen and oxygen atoms in total. The molecule has 2 heterocycles. The smallest absolute Gasteiger partial charge is 0.151 e. The Morgan fingerprint density at radius 1 is 1.35 bits per heavy atom. The van der Waals surface area contributed by atoms with Crippen molar-refractivity contribution in [2.75, 3.05) is 5.32 Å². The van der Waals surface area contributed by atoms with Gasteiger partial charge in [0.2, 0.25) is 0 Å². The zero-order valence-electron chi connectivity index (χ0n) is 10.8. The standard InChI is InChI=1S/C12H19N5/c1-9(2)17-7-10(3)12(15-17)13-5-11-6-14-16(4)8-11/h6-9H,5H2,1-4H3,(H,13,15). The second-order valence-electron chi connectivity index (χ2n) is 4.61. The van der Waals surface area contributed by atoms with Crippen LogP contribution in [0, 0.1) is 6.92 Å². The van der Waals surface area contributed by atoms with Gasteiger partial charge in [-0.15, -0.1) is 0 Å². The van der Waals surface area contributed by atoms with Crippen LogP contribution in [0.25, 0.3) is 0 Å². The first kappa shape index (κ1) is 11.7. The van der Waals surface area contributed by atoms with Crippen LogP contribution in [0.3, 0.4) is 0 Å². The number of aryl methyl sites for hydroxylation is 2. The molecule has 0 aromatic carbocycles. The van der Waals surface area contributed by atoms with Crippen LogP contribution in [0.4, 0.5) is 5.82 Å². The van der Waals surface area contributed by atoms with Crippen LogP contribution in [-0.2, 0) is 13.6 Å². The number of anilines is 1. The lowest BCUT2D eigenvalue weighted by Crippen LogP contribution is -2.04. The van der Waals surface area contributed by atoms with Gasteiger partial charge in [-0.1, -0.05) is 0 Å². The van der Waals surface area contributed by atoms with Gasteiger partial charge in [-0.25, -0.2) is 0 Å². The Morgan fingerprint density at radius 3 is 2.65 bits per heavy atom. The molecule has 0 unspecified atom stereocenters. The fourth-order valence-electron chi connectivity index (χ4n) is 1.67. The van der Waals surface area contributed by atoms with E-state index in [9.17, 15) is 0 Å². The van der Waals surface area contributed by atoms with Gasteiger partial charge in [-0.2, -0.15) is 10.2 Å². The largest absolute Gasteiger partial charge is 0.364 e. The molecule has 0 radical (unpaired) electrons. The molecule has 5 heteroatoms. The molecule has 0 fully saturated rings. The minimum absolute atomic E-state index is 0.391. The average molecular weight is 233 g/mol. The van der Waals surface area contributed by atoms with Crippen molar-refractivity contribution in [3.8, 4) is 0 Å². The normalized spacial score (nSPS) is 11.1. The minimum Gasteiger partial charge on any atom is -0.364 e. The highest BCUT2D eigenvalue weighted by atomic mass is 15.3. The molecule has 2 rings (SSSR count). The lowest BCUT2D eigenvalue weighted by atomic mass is 10.3. The lowest BCUT2D eigenvalue weighted by molar-refractivity contribution is 0.533. The van der Waals surface area contributed by atoms with Crippen LogP contribution in [-0.4, -0.2) is 19.6 Å². The Labute approximate surface area is 101 Å². The zero-order chi connectivity index (χ0) is 12.4. The van der Waals surface area contributed by atoms with E-state index in [0.29, 0.717) is 6.04 Å². The molecule has 0 aliphatic heterocycles. The summed E-state index contributed by atoms with van der Waals surface area (Å²) in [7, 11) is 1.92. The Morgan fingerprint density at radius 2 is 2.12 bits per heavy atom. The van der Waals surface area contributed by atoms with Gasteiger partial charge in [0, 0.05) is 43.2 Å². The summed E-state index contributed by atoms with van der Waals surface area (Å²) in [6.45, 7) is 7.07. The van der Waals surface area contributed by atoms with Crippen LogP contribution < -0.4 is 5.32 Å². The maximum atomic E-state index is 4.51. The number of hydrogen-bond acceptors (Lipinski definition) is 3. The lowest BCUT2D eigenvalue weighted by Gasteiger charge is -2.04. The van der Waals surface area contributed by atoms with Crippen molar-refractivity contribution in [1.82, 2.24) is 19.6 Å². The first-order chi connectivity index (χ1) is 8.06. The zero-order valence-corrected chi connectivity index (χ0v) is 10.8. The summed E-state index contributed by atoms with van der Waals surface area (Å²) in [6.07, 6.45) is 5.93. The summed E-state index contributed by atoms with van der Waals surface area (Å²) in [6, 6.07) is 0.391. The molecule has 2 aromatic heterocycles. The summed E-state index contributed by atoms with van der Waals surface area (Å²) in [5, 5.41) is 12.0. The van der Waals surface area contributed by atoms with E-state index in [1.54, 1.807) is 4.68 Å². The number of aromatic nitrogens is 4. The molecule has 92 valence electrons. The summed E-state index contributed by atoms with van der Waals surface area (Å²) in [5.41, 5.74) is 2.33. The van der Waals surface area contributed by atoms with Crippen molar-refractivity contribution in [3.05, 3.63) is 29.7 Å². The quantitative estimate of drug-likeness (QED) is 0.880. The average Bonchev–Trinajstić information content (AvgIpc) is 2.82. The summed E-state index contributed by atoms with van der Waals surface area (Å²) in [5.74, 6) is 0.947. The highest BCUT2D eigenvalue weighted by molar-refractivity contribution is 5.42. The molecule has 1 N–H and O–H groups in total. The summed E-state index contributed by atoms with van der Waals surface area (Å²) in [4.78, 5) is 0. The van der Waals surface area contributed by atoms with E-state index in [4.69, 9.17) is 0 Å². The van der Waals surface area contributed by atoms with E-state index >= 15 is 0 Å². The molecule has 0 saturated carbocycles. The second kappa shape index (κ2) is 4.61. The molecule has 0 atom stereocenters. The molecule has 0 amide bonds. The van der Waals surface area contributed by atoms with Crippen molar-refractivity contribution < 1.29 is 0 Å². The maximum Gasteiger partial charge on any atom is 0.151 e. The third-order valence-corrected chi connectivity index (χ3v) is 2.66. The Hall–Kier alpha value is -1.78. The van der Waals surface area contributed by atoms with Crippen molar-refractivity contribution in [3.63, 3.8) is 0 Å². The highest BCUT2D eigenvalue weighted by Crippen LogP contribution is 2.15. The molecular formula is C12H19N5. The summed E-state index contributed by atoms with van der Waals surface area (Å²) < 4.78 is 3.78. The van der Waals surface area contributed by atoms with Crippen LogP contribution in [0.15, 0.2) is 18.6 Å². The molecular weight excluding hydrogens is 214 g/mol. The number of rotatable bonds is 4. The minimum atomic E-state index is 0.391. The first-order valence-electron chi connectivity index (χ1n) is 5.83. The van der Waals surface area contributed by atoms with Crippen molar-refractivity contribution >= 4 is 5.82 Å². The Balaban J connectivity index is 2.03. The fourth-order valence-corrected chi connectivity index (χ4v) is 1.67. The molecule has 2 aromatic rings. The van der Waals surface area contributed by atoms with E-state index < -0.39 is 0 Å². The molecule has 0 aliphatic rings. The SMILES string of the molecule is Cc1cn(C(C)C)nc1NCc1cnn(C)c1. The van der Waals surface area contributed by atoms with Gasteiger partial charge in [0.1, 0.15) is 0 Å². The first-order valence-corrected chi connectivity index (χ1v) is 5.83. The predicted molar refractivity (Wildman–Crippen MR) is 67.9 cm³/mol. The molecule has 0 spiro atoms. The third-order valence-electron chi connectivity index (χ3n) is 2.66. The fraction of sp³-hybridized carbons (Fsp3) is 0.500. The Kier molecular flexibility index (Phi) is 3.17. The van der Waals surface area contributed by atoms with Gasteiger partial charge < -0.3 is 5.32 Å². The molecule has 0 bridgehead atoms. The van der Waals surface area contributed by atoms with E-state index in [1.807, 2.05) is 24.1 Å². The Bertz CT molecular complexity index is 495. The van der Waals surface area contributed by atoms with Gasteiger partial charge in [-0.05, 0) is 20.8 Å². The van der Waals surface area contributed by atoms with Gasteiger partial charge >= 0.3 is 0 Å². The van der Waals surface area contributed by atoms with Crippen LogP contribution >= 0.6 is 0 Å². The van der Waals surface area contributed by atoms with Crippen LogP contribution in [0.5, 0.6) is 0 Å². The van der Waals surface area contributed by atoms with E-state index in [-0.39, 0.29) is 0 Å². The van der Waals surface area contributed by atoms with E-state index in [2.05, 4.69) is 42.5 Å². The van der Waals surface area contributed by atoms with Gasteiger partial charge in [0.05, 0.1) is 6.20 Å². The van der Waals surface area contributed by atoms with Crippen LogP contribution in [0.1, 0.15) is 31.0 Å². The topological polar surface area (TPSA) is 47.7 Å². The van der Waals surface area contributed by atoms with E-state index in [1.165, 1.54) is 5.56 Å². The third kappa shape index (κ3) is 2.67. The van der Waals surface area contributed by atoms with Crippen molar-refractivity contribution in [1.29, 1.82) is 0 Å². The highest BCUT2D eigenvalue weighted by Gasteiger charge is 2.07. The van der Waals surface area contributed by atoms with Crippen molar-refractivity contribution in [2.24, 2.45) is 7.05 Å².